The maximum absolute atomic E-state index is 9.40. The molecule has 0 radical (unpaired) electrons. The van der Waals surface area contributed by atoms with Gasteiger partial charge in [0.15, 0.2) is 5.82 Å². The van der Waals surface area contributed by atoms with Gasteiger partial charge < -0.3 is 16.6 Å². The topological polar surface area (TPSA) is 98.0 Å². The summed E-state index contributed by atoms with van der Waals surface area (Å²) in [5, 5.41) is 9.40. The van der Waals surface area contributed by atoms with E-state index in [1.54, 1.807) is 0 Å². The average Bonchev–Trinajstić information content (AvgIpc) is 2.30. The number of nitrogen functional groups attached to an aromatic ring is 2. The molecular formula is C12H22N4O. The van der Waals surface area contributed by atoms with Crippen molar-refractivity contribution in [2.75, 3.05) is 11.5 Å². The molecule has 0 amide bonds. The molecule has 0 unspecified atom stereocenters. The van der Waals surface area contributed by atoms with E-state index < -0.39 is 0 Å². The largest absolute Gasteiger partial charge is 0.492 e. The second-order valence-electron chi connectivity index (χ2n) is 4.28. The van der Waals surface area contributed by atoms with Crippen LogP contribution in [0.25, 0.3) is 0 Å². The van der Waals surface area contributed by atoms with E-state index in [-0.39, 0.29) is 17.4 Å². The Morgan fingerprint density at radius 1 is 1.00 bits per heavy atom. The molecule has 0 aliphatic heterocycles. The molecule has 1 aromatic rings. The van der Waals surface area contributed by atoms with E-state index >= 15 is 0 Å². The minimum Gasteiger partial charge on any atom is -0.492 e. The Labute approximate surface area is 102 Å². The highest BCUT2D eigenvalue weighted by atomic mass is 16.3. The molecule has 0 spiro atoms. The summed E-state index contributed by atoms with van der Waals surface area (Å²) in [6, 6.07) is 0. The number of nitrogens with two attached hydrogens (primary N) is 2. The number of nitrogens with zero attached hydrogens (tertiary/aromatic N) is 2. The van der Waals surface area contributed by atoms with Crippen LogP contribution in [0.2, 0.25) is 0 Å². The van der Waals surface area contributed by atoms with Crippen LogP contribution in [-0.4, -0.2) is 15.1 Å². The Balaban J connectivity index is 2.32. The highest BCUT2D eigenvalue weighted by Crippen LogP contribution is 2.22. The monoisotopic (exact) mass is 238 g/mol. The molecule has 96 valence electrons. The smallest absolute Gasteiger partial charge is 0.240 e. The van der Waals surface area contributed by atoms with Crippen LogP contribution in [0.5, 0.6) is 5.88 Å². The van der Waals surface area contributed by atoms with Gasteiger partial charge in [-0.25, -0.2) is 4.98 Å². The molecule has 1 rings (SSSR count). The number of aromatic hydroxyl groups is 1. The lowest BCUT2D eigenvalue weighted by atomic mass is 10.1. The summed E-state index contributed by atoms with van der Waals surface area (Å²) in [6.07, 6.45) is 8.00. The molecule has 1 heterocycles. The molecule has 0 saturated carbocycles. The normalized spacial score (nSPS) is 10.6. The van der Waals surface area contributed by atoms with Crippen LogP contribution in [0.4, 0.5) is 11.5 Å². The first-order valence-electron chi connectivity index (χ1n) is 6.26. The average molecular weight is 238 g/mol. The fourth-order valence-corrected chi connectivity index (χ4v) is 1.70. The number of anilines is 2. The standard InChI is InChI=1S/C12H22N4O/c1-2-3-4-5-6-7-8-9-15-11(14)10(13)12(17)16-9/h2-8,13H2,1H3,(H3,14,15,16,17). The minimum atomic E-state index is -0.210. The number of hydrogen-bond donors (Lipinski definition) is 3. The van der Waals surface area contributed by atoms with Gasteiger partial charge in [0.05, 0.1) is 0 Å². The lowest BCUT2D eigenvalue weighted by Crippen LogP contribution is -2.04. The van der Waals surface area contributed by atoms with Crippen LogP contribution in [0, 0.1) is 0 Å². The van der Waals surface area contributed by atoms with Crippen molar-refractivity contribution in [2.24, 2.45) is 0 Å². The summed E-state index contributed by atoms with van der Waals surface area (Å²) in [5.41, 5.74) is 11.1. The molecule has 17 heavy (non-hydrogen) atoms. The summed E-state index contributed by atoms with van der Waals surface area (Å²) in [7, 11) is 0. The molecule has 0 aromatic carbocycles. The van der Waals surface area contributed by atoms with Crippen molar-refractivity contribution >= 4 is 11.5 Å². The fourth-order valence-electron chi connectivity index (χ4n) is 1.70. The number of unbranched alkanes of at least 4 members (excludes halogenated alkanes) is 5. The zero-order valence-corrected chi connectivity index (χ0v) is 10.4. The van der Waals surface area contributed by atoms with Crippen molar-refractivity contribution in [3.63, 3.8) is 0 Å². The van der Waals surface area contributed by atoms with Gasteiger partial charge >= 0.3 is 0 Å². The van der Waals surface area contributed by atoms with Gasteiger partial charge in [-0.3, -0.25) is 0 Å². The predicted molar refractivity (Wildman–Crippen MR) is 69.6 cm³/mol. The van der Waals surface area contributed by atoms with E-state index in [2.05, 4.69) is 16.9 Å². The number of hydrogen-bond acceptors (Lipinski definition) is 5. The molecule has 0 atom stereocenters. The van der Waals surface area contributed by atoms with Gasteiger partial charge in [-0.2, -0.15) is 4.98 Å². The molecule has 0 saturated heterocycles. The van der Waals surface area contributed by atoms with Gasteiger partial charge in [0.2, 0.25) is 5.88 Å². The van der Waals surface area contributed by atoms with Crippen LogP contribution < -0.4 is 11.5 Å². The lowest BCUT2D eigenvalue weighted by Gasteiger charge is -2.05. The van der Waals surface area contributed by atoms with Gasteiger partial charge in [0, 0.05) is 6.42 Å². The first-order valence-corrected chi connectivity index (χ1v) is 6.26. The quantitative estimate of drug-likeness (QED) is 0.633. The Kier molecular flexibility index (Phi) is 5.52. The maximum Gasteiger partial charge on any atom is 0.240 e. The Bertz CT molecular complexity index is 331. The first kappa shape index (κ1) is 13.5. The Hall–Kier alpha value is -1.52. The van der Waals surface area contributed by atoms with Gasteiger partial charge in [-0.1, -0.05) is 39.0 Å². The zero-order valence-electron chi connectivity index (χ0n) is 10.4. The van der Waals surface area contributed by atoms with Crippen LogP contribution in [0.1, 0.15) is 51.3 Å². The highest BCUT2D eigenvalue weighted by Gasteiger charge is 2.07. The second-order valence-corrected chi connectivity index (χ2v) is 4.28. The van der Waals surface area contributed by atoms with Crippen molar-refractivity contribution in [2.45, 2.75) is 51.9 Å². The third-order valence-electron chi connectivity index (χ3n) is 2.76. The summed E-state index contributed by atoms with van der Waals surface area (Å²) in [6.45, 7) is 2.20. The van der Waals surface area contributed by atoms with Gasteiger partial charge in [0.25, 0.3) is 0 Å². The van der Waals surface area contributed by atoms with Gasteiger partial charge in [-0.15, -0.1) is 0 Å². The van der Waals surface area contributed by atoms with Crippen molar-refractivity contribution in [3.8, 4) is 5.88 Å². The summed E-state index contributed by atoms with van der Waals surface area (Å²) in [5.74, 6) is 0.529. The molecule has 0 aliphatic carbocycles. The van der Waals surface area contributed by atoms with E-state index in [1.165, 1.54) is 25.7 Å². The van der Waals surface area contributed by atoms with Crippen LogP contribution in [0.15, 0.2) is 0 Å². The third-order valence-corrected chi connectivity index (χ3v) is 2.76. The number of aromatic nitrogens is 2. The molecule has 1 aromatic heterocycles. The minimum absolute atomic E-state index is 0.0664. The summed E-state index contributed by atoms with van der Waals surface area (Å²) < 4.78 is 0. The zero-order chi connectivity index (χ0) is 12.7. The molecule has 5 heteroatoms. The molecular weight excluding hydrogens is 216 g/mol. The van der Waals surface area contributed by atoms with Crippen LogP contribution in [-0.2, 0) is 6.42 Å². The van der Waals surface area contributed by atoms with E-state index in [4.69, 9.17) is 11.5 Å². The summed E-state index contributed by atoms with van der Waals surface area (Å²) in [4.78, 5) is 7.96. The molecule has 0 bridgehead atoms. The van der Waals surface area contributed by atoms with Crippen molar-refractivity contribution in [1.82, 2.24) is 9.97 Å². The van der Waals surface area contributed by atoms with E-state index in [1.807, 2.05) is 0 Å². The summed E-state index contributed by atoms with van der Waals surface area (Å²) >= 11 is 0. The lowest BCUT2D eigenvalue weighted by molar-refractivity contribution is 0.451. The van der Waals surface area contributed by atoms with E-state index in [0.717, 1.165) is 19.3 Å². The highest BCUT2D eigenvalue weighted by molar-refractivity contribution is 5.63. The van der Waals surface area contributed by atoms with E-state index in [9.17, 15) is 5.11 Å². The van der Waals surface area contributed by atoms with Gasteiger partial charge in [0.1, 0.15) is 11.5 Å². The molecule has 5 N–H and O–H groups in total. The van der Waals surface area contributed by atoms with Gasteiger partial charge in [-0.05, 0) is 6.42 Å². The Morgan fingerprint density at radius 2 is 1.65 bits per heavy atom. The molecule has 0 fully saturated rings. The van der Waals surface area contributed by atoms with Crippen molar-refractivity contribution < 1.29 is 5.11 Å². The number of aryl methyl sites for hydroxylation is 1. The van der Waals surface area contributed by atoms with Crippen molar-refractivity contribution in [1.29, 1.82) is 0 Å². The maximum atomic E-state index is 9.40. The molecule has 0 aliphatic rings. The molecule has 5 nitrogen and oxygen atoms in total. The number of rotatable bonds is 7. The second kappa shape index (κ2) is 6.93. The third kappa shape index (κ3) is 4.46. The SMILES string of the molecule is CCCCCCCCc1nc(N)c(N)c(O)n1. The fraction of sp³-hybridized carbons (Fsp3) is 0.667. The first-order chi connectivity index (χ1) is 8.15. The van der Waals surface area contributed by atoms with E-state index in [0.29, 0.717) is 5.82 Å². The van der Waals surface area contributed by atoms with Crippen molar-refractivity contribution in [3.05, 3.63) is 5.82 Å². The van der Waals surface area contributed by atoms with Crippen LogP contribution >= 0.6 is 0 Å². The predicted octanol–water partition coefficient (Wildman–Crippen LogP) is 2.25. The van der Waals surface area contributed by atoms with Crippen LogP contribution in [0.3, 0.4) is 0 Å². The Morgan fingerprint density at radius 3 is 2.29 bits per heavy atom.